The van der Waals surface area contributed by atoms with Gasteiger partial charge in [-0.05, 0) is 18.6 Å². The molecule has 7 heteroatoms. The highest BCUT2D eigenvalue weighted by molar-refractivity contribution is 5.87. The summed E-state index contributed by atoms with van der Waals surface area (Å²) in [6.07, 6.45) is -4.58. The van der Waals surface area contributed by atoms with Crippen LogP contribution in [0.3, 0.4) is 0 Å². The topological polar surface area (TPSA) is 116 Å². The molecule has 1 saturated heterocycles. The first-order valence-electron chi connectivity index (χ1n) is 7.18. The first-order chi connectivity index (χ1) is 10.9. The zero-order valence-corrected chi connectivity index (χ0v) is 12.6. The molecule has 1 heterocycles. The van der Waals surface area contributed by atoms with Gasteiger partial charge in [-0.15, -0.1) is 0 Å². The number of carbonyl (C=O) groups excluding carboxylic acids is 1. The number of hydrogen-bond donors (Lipinski definition) is 4. The Morgan fingerprint density at radius 1 is 1.17 bits per heavy atom. The van der Waals surface area contributed by atoms with E-state index in [1.807, 2.05) is 31.2 Å². The molecule has 1 fully saturated rings. The third-order valence-corrected chi connectivity index (χ3v) is 3.57. The Labute approximate surface area is 133 Å². The third-order valence-electron chi connectivity index (χ3n) is 3.57. The zero-order valence-electron chi connectivity index (χ0n) is 12.6. The van der Waals surface area contributed by atoms with Gasteiger partial charge in [0.05, 0.1) is 6.61 Å². The van der Waals surface area contributed by atoms with E-state index in [1.54, 1.807) is 0 Å². The van der Waals surface area contributed by atoms with E-state index in [4.69, 9.17) is 14.6 Å². The molecule has 1 aromatic carbocycles. The fraction of sp³-hybridized carbons (Fsp3) is 0.438. The summed E-state index contributed by atoms with van der Waals surface area (Å²) in [5.74, 6) is -0.782. The molecule has 0 bridgehead atoms. The van der Waals surface area contributed by atoms with Crippen LogP contribution in [0.15, 0.2) is 30.3 Å². The van der Waals surface area contributed by atoms with Gasteiger partial charge in [-0.3, -0.25) is 0 Å². The minimum atomic E-state index is -1.61. The lowest BCUT2D eigenvalue weighted by Crippen LogP contribution is -2.59. The molecule has 23 heavy (non-hydrogen) atoms. The van der Waals surface area contributed by atoms with Crippen molar-refractivity contribution in [2.24, 2.45) is 0 Å². The van der Waals surface area contributed by atoms with Crippen LogP contribution >= 0.6 is 0 Å². The molecule has 1 aliphatic rings. The summed E-state index contributed by atoms with van der Waals surface area (Å²) in [5, 5.41) is 38.1. The van der Waals surface area contributed by atoms with Gasteiger partial charge in [0.25, 0.3) is 0 Å². The number of rotatable bonds is 4. The second-order valence-corrected chi connectivity index (χ2v) is 5.38. The normalized spacial score (nSPS) is 31.3. The molecule has 5 unspecified atom stereocenters. The van der Waals surface area contributed by atoms with E-state index in [2.05, 4.69) is 0 Å². The smallest absolute Gasteiger partial charge is 0.333 e. The van der Waals surface area contributed by atoms with Crippen molar-refractivity contribution in [3.8, 4) is 0 Å². The number of benzene rings is 1. The zero-order chi connectivity index (χ0) is 17.0. The molecule has 7 nitrogen and oxygen atoms in total. The maximum absolute atomic E-state index is 11.8. The molecule has 4 N–H and O–H groups in total. The average Bonchev–Trinajstić information content (AvgIpc) is 2.55. The quantitative estimate of drug-likeness (QED) is 0.429. The van der Waals surface area contributed by atoms with Crippen molar-refractivity contribution in [1.29, 1.82) is 0 Å². The van der Waals surface area contributed by atoms with Crippen LogP contribution in [0.5, 0.6) is 0 Å². The minimum absolute atomic E-state index is 0.585. The van der Waals surface area contributed by atoms with E-state index in [1.165, 1.54) is 6.08 Å². The highest BCUT2D eigenvalue weighted by Gasteiger charge is 2.45. The maximum atomic E-state index is 11.8. The molecule has 2 rings (SSSR count). The number of ether oxygens (including phenoxy) is 2. The van der Waals surface area contributed by atoms with Crippen LogP contribution in [0.4, 0.5) is 0 Å². The van der Waals surface area contributed by atoms with Crippen molar-refractivity contribution >= 4 is 12.0 Å². The van der Waals surface area contributed by atoms with Gasteiger partial charge < -0.3 is 29.9 Å². The second-order valence-electron chi connectivity index (χ2n) is 5.38. The monoisotopic (exact) mass is 324 g/mol. The summed E-state index contributed by atoms with van der Waals surface area (Å²) in [6.45, 7) is 1.36. The van der Waals surface area contributed by atoms with Gasteiger partial charge >= 0.3 is 5.97 Å². The fourth-order valence-corrected chi connectivity index (χ4v) is 2.16. The Hall–Kier alpha value is -1.77. The summed E-state index contributed by atoms with van der Waals surface area (Å²) < 4.78 is 10.0. The summed E-state index contributed by atoms with van der Waals surface area (Å²) in [7, 11) is 0. The molecule has 0 saturated carbocycles. The first-order valence-corrected chi connectivity index (χ1v) is 7.18. The van der Waals surface area contributed by atoms with Crippen LogP contribution < -0.4 is 0 Å². The summed E-state index contributed by atoms with van der Waals surface area (Å²) in [4.78, 5) is 11.8. The molecule has 1 aliphatic heterocycles. The standard InChI is InChI=1S/C16H20O7/c1-9-2-4-10(5-3-9)6-7-12(18)23-16-15(21)14(20)13(19)11(8-17)22-16/h2-7,11,13-17,19-21H,8H2,1H3/b7-6+. The van der Waals surface area contributed by atoms with Gasteiger partial charge in [0.1, 0.15) is 24.4 Å². The number of esters is 1. The molecule has 126 valence electrons. The number of aryl methyl sites for hydroxylation is 1. The lowest BCUT2D eigenvalue weighted by Gasteiger charge is -2.38. The highest BCUT2D eigenvalue weighted by atomic mass is 16.7. The molecular formula is C16H20O7. The van der Waals surface area contributed by atoms with Crippen molar-refractivity contribution in [3.63, 3.8) is 0 Å². The third kappa shape index (κ3) is 4.37. The van der Waals surface area contributed by atoms with Crippen molar-refractivity contribution < 1.29 is 34.7 Å². The van der Waals surface area contributed by atoms with E-state index in [0.717, 1.165) is 17.2 Å². The summed E-state index contributed by atoms with van der Waals surface area (Å²) in [6, 6.07) is 7.44. The Balaban J connectivity index is 1.97. The van der Waals surface area contributed by atoms with Crippen molar-refractivity contribution in [2.45, 2.75) is 37.6 Å². The number of hydrogen-bond acceptors (Lipinski definition) is 7. The molecule has 0 aromatic heterocycles. The molecule has 0 radical (unpaired) electrons. The molecule has 0 spiro atoms. The molecular weight excluding hydrogens is 304 g/mol. The number of carbonyl (C=O) groups is 1. The van der Waals surface area contributed by atoms with Gasteiger partial charge in [0, 0.05) is 6.08 Å². The van der Waals surface area contributed by atoms with Crippen LogP contribution in [0.25, 0.3) is 6.08 Å². The number of aliphatic hydroxyl groups is 4. The first kappa shape index (κ1) is 17.6. The average molecular weight is 324 g/mol. The fourth-order valence-electron chi connectivity index (χ4n) is 2.16. The Kier molecular flexibility index (Phi) is 5.86. The van der Waals surface area contributed by atoms with Crippen molar-refractivity contribution in [3.05, 3.63) is 41.5 Å². The van der Waals surface area contributed by atoms with Crippen LogP contribution in [0.2, 0.25) is 0 Å². The van der Waals surface area contributed by atoms with Crippen LogP contribution in [0, 0.1) is 6.92 Å². The van der Waals surface area contributed by atoms with Crippen LogP contribution in [-0.4, -0.2) is 63.7 Å². The van der Waals surface area contributed by atoms with Crippen molar-refractivity contribution in [2.75, 3.05) is 6.61 Å². The van der Waals surface area contributed by atoms with E-state index >= 15 is 0 Å². The van der Waals surface area contributed by atoms with Gasteiger partial charge in [-0.2, -0.15) is 0 Å². The highest BCUT2D eigenvalue weighted by Crippen LogP contribution is 2.22. The van der Waals surface area contributed by atoms with E-state index in [-0.39, 0.29) is 0 Å². The Bertz CT molecular complexity index is 552. The second kappa shape index (κ2) is 7.67. The maximum Gasteiger partial charge on any atom is 0.333 e. The molecule has 1 aromatic rings. The van der Waals surface area contributed by atoms with Crippen LogP contribution in [0.1, 0.15) is 11.1 Å². The van der Waals surface area contributed by atoms with Gasteiger partial charge in [-0.1, -0.05) is 29.8 Å². The van der Waals surface area contributed by atoms with E-state index in [0.29, 0.717) is 0 Å². The SMILES string of the molecule is Cc1ccc(/C=C/C(=O)OC2OC(CO)C(O)C(O)C2O)cc1. The number of aliphatic hydroxyl groups excluding tert-OH is 4. The molecule has 0 amide bonds. The summed E-state index contributed by atoms with van der Waals surface area (Å²) in [5.41, 5.74) is 1.88. The Morgan fingerprint density at radius 3 is 2.43 bits per heavy atom. The van der Waals surface area contributed by atoms with Gasteiger partial charge in [-0.25, -0.2) is 4.79 Å². The van der Waals surface area contributed by atoms with E-state index < -0.39 is 43.3 Å². The lowest BCUT2D eigenvalue weighted by molar-refractivity contribution is -0.291. The lowest BCUT2D eigenvalue weighted by atomic mass is 9.99. The van der Waals surface area contributed by atoms with Crippen molar-refractivity contribution in [1.82, 2.24) is 0 Å². The van der Waals surface area contributed by atoms with E-state index in [9.17, 15) is 20.1 Å². The largest absolute Gasteiger partial charge is 0.430 e. The molecule has 5 atom stereocenters. The predicted molar refractivity (Wildman–Crippen MR) is 80.1 cm³/mol. The predicted octanol–water partition coefficient (Wildman–Crippen LogP) is -0.649. The van der Waals surface area contributed by atoms with Gasteiger partial charge in [0.15, 0.2) is 0 Å². The van der Waals surface area contributed by atoms with Crippen LogP contribution in [-0.2, 0) is 14.3 Å². The van der Waals surface area contributed by atoms with Gasteiger partial charge in [0.2, 0.25) is 6.29 Å². The Morgan fingerprint density at radius 2 is 1.83 bits per heavy atom. The summed E-state index contributed by atoms with van der Waals surface area (Å²) >= 11 is 0. The minimum Gasteiger partial charge on any atom is -0.430 e. The molecule has 0 aliphatic carbocycles.